The molecule has 0 saturated carbocycles. The van der Waals surface area contributed by atoms with Crippen molar-refractivity contribution in [3.05, 3.63) is 35.1 Å². The molecule has 0 aliphatic heterocycles. The molecule has 0 aliphatic rings. The fourth-order valence-corrected chi connectivity index (χ4v) is 2.09. The van der Waals surface area contributed by atoms with Crippen LogP contribution in [0.1, 0.15) is 24.1 Å². The van der Waals surface area contributed by atoms with Gasteiger partial charge in [-0.25, -0.2) is 4.39 Å². The lowest BCUT2D eigenvalue weighted by atomic mass is 9.93. The highest BCUT2D eigenvalue weighted by atomic mass is 19.1. The summed E-state index contributed by atoms with van der Waals surface area (Å²) in [5.74, 6) is -0.0576. The standard InChI is InChI=1S/C13H20FNO/c1-9-7-11(5-6-12(9)14)13(15(3)4)10(2)8-16/h5-7,10,13,16H,8H2,1-4H3. The van der Waals surface area contributed by atoms with Crippen molar-refractivity contribution in [2.45, 2.75) is 19.9 Å². The van der Waals surface area contributed by atoms with Crippen molar-refractivity contribution in [3.8, 4) is 0 Å². The van der Waals surface area contributed by atoms with E-state index in [1.165, 1.54) is 6.07 Å². The molecule has 90 valence electrons. The second-order valence-electron chi connectivity index (χ2n) is 4.58. The molecule has 0 radical (unpaired) electrons. The number of nitrogens with zero attached hydrogens (tertiary/aromatic N) is 1. The van der Waals surface area contributed by atoms with Gasteiger partial charge in [0.1, 0.15) is 5.82 Å². The first-order chi connectivity index (χ1) is 7.47. The lowest BCUT2D eigenvalue weighted by Gasteiger charge is -2.29. The first-order valence-corrected chi connectivity index (χ1v) is 5.50. The van der Waals surface area contributed by atoms with Crippen molar-refractivity contribution in [1.82, 2.24) is 4.90 Å². The molecule has 0 saturated heterocycles. The molecule has 0 aliphatic carbocycles. The average Bonchev–Trinajstić information content (AvgIpc) is 2.22. The van der Waals surface area contributed by atoms with Gasteiger partial charge in [-0.05, 0) is 44.1 Å². The van der Waals surface area contributed by atoms with Gasteiger partial charge in [0, 0.05) is 12.6 Å². The zero-order valence-electron chi connectivity index (χ0n) is 10.4. The third-order valence-corrected chi connectivity index (χ3v) is 2.91. The van der Waals surface area contributed by atoms with Crippen LogP contribution in [-0.2, 0) is 0 Å². The van der Waals surface area contributed by atoms with E-state index >= 15 is 0 Å². The molecule has 1 rings (SSSR count). The molecule has 1 aromatic rings. The summed E-state index contributed by atoms with van der Waals surface area (Å²) < 4.78 is 13.2. The fraction of sp³-hybridized carbons (Fsp3) is 0.538. The van der Waals surface area contributed by atoms with E-state index in [1.807, 2.05) is 32.0 Å². The Balaban J connectivity index is 3.06. The predicted octanol–water partition coefficient (Wildman–Crippen LogP) is 2.37. The molecule has 1 aromatic carbocycles. The maximum Gasteiger partial charge on any atom is 0.126 e. The van der Waals surface area contributed by atoms with Gasteiger partial charge in [0.05, 0.1) is 0 Å². The SMILES string of the molecule is Cc1cc(C(C(C)CO)N(C)C)ccc1F. The summed E-state index contributed by atoms with van der Waals surface area (Å²) in [6.07, 6.45) is 0. The zero-order chi connectivity index (χ0) is 12.3. The van der Waals surface area contributed by atoms with Gasteiger partial charge < -0.3 is 10.0 Å². The van der Waals surface area contributed by atoms with Crippen molar-refractivity contribution in [2.24, 2.45) is 5.92 Å². The number of rotatable bonds is 4. The van der Waals surface area contributed by atoms with Crippen LogP contribution in [0.15, 0.2) is 18.2 Å². The summed E-state index contributed by atoms with van der Waals surface area (Å²) in [6, 6.07) is 5.25. The van der Waals surface area contributed by atoms with Crippen LogP contribution in [0.2, 0.25) is 0 Å². The number of benzene rings is 1. The van der Waals surface area contributed by atoms with Crippen LogP contribution < -0.4 is 0 Å². The summed E-state index contributed by atoms with van der Waals surface area (Å²) in [4.78, 5) is 2.05. The summed E-state index contributed by atoms with van der Waals surface area (Å²) in [6.45, 7) is 3.87. The fourth-order valence-electron chi connectivity index (χ4n) is 2.09. The molecule has 1 N–H and O–H groups in total. The Morgan fingerprint density at radius 3 is 2.44 bits per heavy atom. The molecule has 0 bridgehead atoms. The summed E-state index contributed by atoms with van der Waals surface area (Å²) in [5.41, 5.74) is 1.69. The Hall–Kier alpha value is -0.930. The number of aliphatic hydroxyl groups excluding tert-OH is 1. The molecule has 0 amide bonds. The minimum atomic E-state index is -0.182. The molecule has 2 unspecified atom stereocenters. The van der Waals surface area contributed by atoms with Gasteiger partial charge in [-0.1, -0.05) is 19.1 Å². The molecule has 0 fully saturated rings. The molecular weight excluding hydrogens is 205 g/mol. The number of aliphatic hydroxyl groups is 1. The quantitative estimate of drug-likeness (QED) is 0.850. The highest BCUT2D eigenvalue weighted by Crippen LogP contribution is 2.27. The highest BCUT2D eigenvalue weighted by Gasteiger charge is 2.21. The topological polar surface area (TPSA) is 23.5 Å². The monoisotopic (exact) mass is 225 g/mol. The molecule has 0 heterocycles. The van der Waals surface area contributed by atoms with E-state index in [-0.39, 0.29) is 24.4 Å². The normalized spacial score (nSPS) is 15.2. The summed E-state index contributed by atoms with van der Waals surface area (Å²) >= 11 is 0. The van der Waals surface area contributed by atoms with Crippen molar-refractivity contribution in [1.29, 1.82) is 0 Å². The van der Waals surface area contributed by atoms with Crippen LogP contribution in [0.3, 0.4) is 0 Å². The van der Waals surface area contributed by atoms with E-state index in [1.54, 1.807) is 13.0 Å². The Kier molecular flexibility index (Phi) is 4.44. The number of hydrogen-bond acceptors (Lipinski definition) is 2. The largest absolute Gasteiger partial charge is 0.396 e. The van der Waals surface area contributed by atoms with Gasteiger partial charge in [-0.15, -0.1) is 0 Å². The average molecular weight is 225 g/mol. The molecular formula is C13H20FNO. The molecule has 0 spiro atoms. The van der Waals surface area contributed by atoms with E-state index < -0.39 is 0 Å². The van der Waals surface area contributed by atoms with Crippen molar-refractivity contribution in [3.63, 3.8) is 0 Å². The Morgan fingerprint density at radius 1 is 1.38 bits per heavy atom. The van der Waals surface area contributed by atoms with Crippen LogP contribution >= 0.6 is 0 Å². The summed E-state index contributed by atoms with van der Waals surface area (Å²) in [5, 5.41) is 9.24. The summed E-state index contributed by atoms with van der Waals surface area (Å²) in [7, 11) is 3.94. The molecule has 2 atom stereocenters. The number of aryl methyl sites for hydroxylation is 1. The number of halogens is 1. The third-order valence-electron chi connectivity index (χ3n) is 2.91. The van der Waals surface area contributed by atoms with E-state index in [0.29, 0.717) is 5.56 Å². The zero-order valence-corrected chi connectivity index (χ0v) is 10.4. The number of hydrogen-bond donors (Lipinski definition) is 1. The van der Waals surface area contributed by atoms with Gasteiger partial charge in [-0.2, -0.15) is 0 Å². The smallest absolute Gasteiger partial charge is 0.126 e. The predicted molar refractivity (Wildman–Crippen MR) is 63.8 cm³/mol. The lowest BCUT2D eigenvalue weighted by Crippen LogP contribution is -2.28. The first-order valence-electron chi connectivity index (χ1n) is 5.50. The minimum Gasteiger partial charge on any atom is -0.396 e. The minimum absolute atomic E-state index is 0.115. The molecule has 3 heteroatoms. The van der Waals surface area contributed by atoms with Crippen molar-refractivity contribution < 1.29 is 9.50 Å². The second-order valence-corrected chi connectivity index (χ2v) is 4.58. The van der Waals surface area contributed by atoms with E-state index in [0.717, 1.165) is 5.56 Å². The molecule has 16 heavy (non-hydrogen) atoms. The van der Waals surface area contributed by atoms with Crippen LogP contribution in [0.4, 0.5) is 4.39 Å². The van der Waals surface area contributed by atoms with Crippen LogP contribution in [0.5, 0.6) is 0 Å². The van der Waals surface area contributed by atoms with E-state index in [9.17, 15) is 9.50 Å². The van der Waals surface area contributed by atoms with Gasteiger partial charge in [0.15, 0.2) is 0 Å². The van der Waals surface area contributed by atoms with Gasteiger partial charge >= 0.3 is 0 Å². The van der Waals surface area contributed by atoms with Crippen molar-refractivity contribution >= 4 is 0 Å². The van der Waals surface area contributed by atoms with Crippen LogP contribution in [0.25, 0.3) is 0 Å². The van der Waals surface area contributed by atoms with E-state index in [4.69, 9.17) is 0 Å². The lowest BCUT2D eigenvalue weighted by molar-refractivity contribution is 0.145. The Labute approximate surface area is 96.7 Å². The maximum absolute atomic E-state index is 13.2. The van der Waals surface area contributed by atoms with Gasteiger partial charge in [0.2, 0.25) is 0 Å². The molecule has 2 nitrogen and oxygen atoms in total. The van der Waals surface area contributed by atoms with Crippen LogP contribution in [-0.4, -0.2) is 30.7 Å². The first kappa shape index (κ1) is 13.1. The van der Waals surface area contributed by atoms with Gasteiger partial charge in [0.25, 0.3) is 0 Å². The Bertz CT molecular complexity index is 352. The van der Waals surface area contributed by atoms with Gasteiger partial charge in [-0.3, -0.25) is 0 Å². The maximum atomic E-state index is 13.2. The van der Waals surface area contributed by atoms with Crippen LogP contribution in [0, 0.1) is 18.7 Å². The third kappa shape index (κ3) is 2.80. The Morgan fingerprint density at radius 2 is 2.00 bits per heavy atom. The highest BCUT2D eigenvalue weighted by molar-refractivity contribution is 5.27. The van der Waals surface area contributed by atoms with E-state index in [2.05, 4.69) is 0 Å². The molecule has 0 aromatic heterocycles. The second kappa shape index (κ2) is 5.41. The van der Waals surface area contributed by atoms with Crippen molar-refractivity contribution in [2.75, 3.05) is 20.7 Å².